The van der Waals surface area contributed by atoms with Gasteiger partial charge in [-0.25, -0.2) is 4.68 Å². The summed E-state index contributed by atoms with van der Waals surface area (Å²) in [6, 6.07) is 11.7. The van der Waals surface area contributed by atoms with Crippen molar-refractivity contribution in [2.24, 2.45) is 0 Å². The number of hydrogen-bond donors (Lipinski definition) is 1. The normalized spacial score (nSPS) is 11.6. The minimum absolute atomic E-state index is 0.0577. The molecule has 4 aromatic rings. The van der Waals surface area contributed by atoms with Gasteiger partial charge in [0.25, 0.3) is 5.91 Å². The summed E-state index contributed by atoms with van der Waals surface area (Å²) >= 11 is 0. The highest BCUT2D eigenvalue weighted by Gasteiger charge is 2.30. The second-order valence-electron chi connectivity index (χ2n) is 6.94. The van der Waals surface area contributed by atoms with E-state index in [0.717, 1.165) is 23.6 Å². The molecule has 0 saturated carbocycles. The van der Waals surface area contributed by atoms with Crippen LogP contribution in [0, 0.1) is 0 Å². The molecule has 166 valence electrons. The third-order valence-corrected chi connectivity index (χ3v) is 4.65. The Balaban J connectivity index is 1.25. The molecular formula is C21H19F3N6O2. The van der Waals surface area contributed by atoms with E-state index in [4.69, 9.17) is 4.74 Å². The van der Waals surface area contributed by atoms with Gasteiger partial charge in [-0.1, -0.05) is 12.1 Å². The highest BCUT2D eigenvalue weighted by molar-refractivity contribution is 5.92. The highest BCUT2D eigenvalue weighted by atomic mass is 19.4. The molecule has 4 rings (SSSR count). The number of benzene rings is 1. The molecule has 0 radical (unpaired) electrons. The van der Waals surface area contributed by atoms with Gasteiger partial charge in [0, 0.05) is 25.4 Å². The Kier molecular flexibility index (Phi) is 6.06. The summed E-state index contributed by atoms with van der Waals surface area (Å²) in [7, 11) is 0. The Labute approximate surface area is 180 Å². The van der Waals surface area contributed by atoms with Crippen molar-refractivity contribution in [2.45, 2.75) is 25.7 Å². The highest BCUT2D eigenvalue weighted by Crippen LogP contribution is 2.31. The van der Waals surface area contributed by atoms with Crippen LogP contribution < -0.4 is 10.1 Å². The van der Waals surface area contributed by atoms with Crippen LogP contribution in [-0.2, 0) is 19.3 Å². The average Bonchev–Trinajstić information content (AvgIpc) is 3.42. The minimum Gasteiger partial charge on any atom is -0.471 e. The van der Waals surface area contributed by atoms with Gasteiger partial charge in [0.2, 0.25) is 0 Å². The standard InChI is InChI=1S/C21H19F3N6O2/c22-21(23,24)15-5-3-6-16(13-15)32-14-29-12-9-17(28-29)20(31)25-10-4-8-19-27-26-18-7-1-2-11-30(18)19/h1-3,5-7,9,11-13H,4,8,10,14H2,(H,25,31). The molecule has 0 spiro atoms. The van der Waals surface area contributed by atoms with E-state index in [1.54, 1.807) is 0 Å². The first-order valence-electron chi connectivity index (χ1n) is 9.80. The van der Waals surface area contributed by atoms with Crippen LogP contribution in [0.25, 0.3) is 5.65 Å². The third-order valence-electron chi connectivity index (χ3n) is 4.65. The number of carbonyl (C=O) groups excluding carboxylic acids is 1. The van der Waals surface area contributed by atoms with Gasteiger partial charge >= 0.3 is 6.18 Å². The minimum atomic E-state index is -4.45. The van der Waals surface area contributed by atoms with Crippen LogP contribution in [0.3, 0.4) is 0 Å². The van der Waals surface area contributed by atoms with Gasteiger partial charge in [-0.15, -0.1) is 10.2 Å². The van der Waals surface area contributed by atoms with E-state index in [2.05, 4.69) is 20.6 Å². The SMILES string of the molecule is O=C(NCCCc1nnc2ccccn12)c1ccn(COc2cccc(C(F)(F)F)c2)n1. The molecule has 0 unspecified atom stereocenters. The number of ether oxygens (including phenoxy) is 1. The van der Waals surface area contributed by atoms with E-state index in [1.165, 1.54) is 29.1 Å². The fourth-order valence-electron chi connectivity index (χ4n) is 3.06. The number of aromatic nitrogens is 5. The van der Waals surface area contributed by atoms with E-state index in [-0.39, 0.29) is 24.1 Å². The molecule has 0 fully saturated rings. The molecule has 3 heterocycles. The lowest BCUT2D eigenvalue weighted by atomic mass is 10.2. The van der Waals surface area contributed by atoms with Gasteiger partial charge < -0.3 is 10.1 Å². The zero-order valence-electron chi connectivity index (χ0n) is 16.8. The summed E-state index contributed by atoms with van der Waals surface area (Å²) in [6.45, 7) is 0.294. The van der Waals surface area contributed by atoms with E-state index < -0.39 is 11.7 Å². The Morgan fingerprint density at radius 2 is 1.94 bits per heavy atom. The molecule has 32 heavy (non-hydrogen) atoms. The number of hydrogen-bond acceptors (Lipinski definition) is 5. The Bertz CT molecular complexity index is 1220. The topological polar surface area (TPSA) is 86.3 Å². The number of amides is 1. The van der Waals surface area contributed by atoms with Gasteiger partial charge in [0.15, 0.2) is 12.4 Å². The maximum absolute atomic E-state index is 12.8. The lowest BCUT2D eigenvalue weighted by molar-refractivity contribution is -0.137. The van der Waals surface area contributed by atoms with Crippen LogP contribution in [0.15, 0.2) is 60.9 Å². The zero-order valence-corrected chi connectivity index (χ0v) is 16.8. The second kappa shape index (κ2) is 9.08. The van der Waals surface area contributed by atoms with Crippen molar-refractivity contribution < 1.29 is 22.7 Å². The number of nitrogens with zero attached hydrogens (tertiary/aromatic N) is 5. The van der Waals surface area contributed by atoms with Crippen molar-refractivity contribution in [3.05, 3.63) is 78.0 Å². The lowest BCUT2D eigenvalue weighted by Crippen LogP contribution is -2.25. The molecule has 1 amide bonds. The maximum Gasteiger partial charge on any atom is 0.416 e. The van der Waals surface area contributed by atoms with E-state index in [1.807, 2.05) is 28.8 Å². The maximum atomic E-state index is 12.8. The Hall–Kier alpha value is -3.89. The molecule has 1 N–H and O–H groups in total. The summed E-state index contributed by atoms with van der Waals surface area (Å²) < 4.78 is 46.9. The first-order valence-corrected chi connectivity index (χ1v) is 9.80. The number of alkyl halides is 3. The first-order chi connectivity index (χ1) is 15.4. The molecule has 0 bridgehead atoms. The van der Waals surface area contributed by atoms with Gasteiger partial charge in [-0.3, -0.25) is 9.20 Å². The van der Waals surface area contributed by atoms with E-state index in [0.29, 0.717) is 19.4 Å². The molecule has 0 saturated heterocycles. The van der Waals surface area contributed by atoms with Gasteiger partial charge in [0.1, 0.15) is 17.3 Å². The molecule has 0 atom stereocenters. The van der Waals surface area contributed by atoms with Crippen molar-refractivity contribution in [1.29, 1.82) is 0 Å². The molecule has 1 aromatic carbocycles. The van der Waals surface area contributed by atoms with Gasteiger partial charge in [-0.2, -0.15) is 18.3 Å². The fourth-order valence-corrected chi connectivity index (χ4v) is 3.06. The van der Waals surface area contributed by atoms with Crippen molar-refractivity contribution in [1.82, 2.24) is 29.7 Å². The first kappa shape index (κ1) is 21.3. The molecule has 11 heteroatoms. The number of fused-ring (bicyclic) bond motifs is 1. The summed E-state index contributed by atoms with van der Waals surface area (Å²) in [4.78, 5) is 12.3. The Morgan fingerprint density at radius 3 is 2.78 bits per heavy atom. The summed E-state index contributed by atoms with van der Waals surface area (Å²) in [5, 5.41) is 15.1. The molecule has 0 aliphatic heterocycles. The lowest BCUT2D eigenvalue weighted by Gasteiger charge is -2.10. The molecule has 0 aliphatic carbocycles. The number of carbonyl (C=O) groups is 1. The van der Waals surface area contributed by atoms with Crippen LogP contribution in [0.2, 0.25) is 0 Å². The van der Waals surface area contributed by atoms with Crippen LogP contribution in [0.5, 0.6) is 5.75 Å². The number of halogens is 3. The fraction of sp³-hybridized carbons (Fsp3) is 0.238. The van der Waals surface area contributed by atoms with Gasteiger partial charge in [0.05, 0.1) is 5.56 Å². The monoisotopic (exact) mass is 444 g/mol. The smallest absolute Gasteiger partial charge is 0.416 e. The van der Waals surface area contributed by atoms with Crippen LogP contribution in [-0.4, -0.2) is 36.8 Å². The molecule has 8 nitrogen and oxygen atoms in total. The number of rotatable bonds is 8. The molecule has 0 aliphatic rings. The molecular weight excluding hydrogens is 425 g/mol. The van der Waals surface area contributed by atoms with Crippen LogP contribution in [0.4, 0.5) is 13.2 Å². The van der Waals surface area contributed by atoms with Crippen LogP contribution in [0.1, 0.15) is 28.3 Å². The Morgan fingerprint density at radius 1 is 1.06 bits per heavy atom. The van der Waals surface area contributed by atoms with E-state index >= 15 is 0 Å². The number of pyridine rings is 1. The largest absolute Gasteiger partial charge is 0.471 e. The van der Waals surface area contributed by atoms with Gasteiger partial charge in [-0.05, 0) is 42.8 Å². The molecule has 3 aromatic heterocycles. The quantitative estimate of drug-likeness (QED) is 0.421. The summed E-state index contributed by atoms with van der Waals surface area (Å²) in [6.07, 6.45) is 0.269. The summed E-state index contributed by atoms with van der Waals surface area (Å²) in [5.74, 6) is 0.516. The third kappa shape index (κ3) is 5.05. The van der Waals surface area contributed by atoms with E-state index in [9.17, 15) is 18.0 Å². The average molecular weight is 444 g/mol. The number of aryl methyl sites for hydroxylation is 1. The van der Waals surface area contributed by atoms with Crippen molar-refractivity contribution >= 4 is 11.6 Å². The van der Waals surface area contributed by atoms with Crippen molar-refractivity contribution in [2.75, 3.05) is 6.54 Å². The predicted molar refractivity (Wildman–Crippen MR) is 108 cm³/mol. The predicted octanol–water partition coefficient (Wildman–Crippen LogP) is 3.34. The summed E-state index contributed by atoms with van der Waals surface area (Å²) in [5.41, 5.74) is 0.157. The van der Waals surface area contributed by atoms with Crippen molar-refractivity contribution in [3.63, 3.8) is 0 Å². The zero-order chi connectivity index (χ0) is 22.6. The second-order valence-corrected chi connectivity index (χ2v) is 6.94. The number of nitrogens with one attached hydrogen (secondary N) is 1. The van der Waals surface area contributed by atoms with Crippen molar-refractivity contribution in [3.8, 4) is 5.75 Å². The van der Waals surface area contributed by atoms with Crippen LogP contribution >= 0.6 is 0 Å².